The van der Waals surface area contributed by atoms with Crippen LogP contribution in [0.4, 0.5) is 17.4 Å². The second-order valence-corrected chi connectivity index (χ2v) is 7.44. The molecule has 0 saturated carbocycles. The van der Waals surface area contributed by atoms with Crippen LogP contribution in [0.1, 0.15) is 20.8 Å². The van der Waals surface area contributed by atoms with Gasteiger partial charge in [-0.3, -0.25) is 14.6 Å². The van der Waals surface area contributed by atoms with Crippen molar-refractivity contribution in [1.82, 2.24) is 10.3 Å². The van der Waals surface area contributed by atoms with Crippen molar-refractivity contribution in [3.63, 3.8) is 0 Å². The summed E-state index contributed by atoms with van der Waals surface area (Å²) >= 11 is 1.10. The summed E-state index contributed by atoms with van der Waals surface area (Å²) in [7, 11) is 1.66. The lowest BCUT2D eigenvalue weighted by molar-refractivity contribution is -0.739. The van der Waals surface area contributed by atoms with E-state index in [0.717, 1.165) is 22.5 Å². The van der Waals surface area contributed by atoms with Gasteiger partial charge in [0.05, 0.1) is 5.69 Å². The number of thiophene rings is 1. The Bertz CT molecular complexity index is 1300. The van der Waals surface area contributed by atoms with Gasteiger partial charge in [-0.2, -0.15) is 5.26 Å². The number of pyridine rings is 1. The van der Waals surface area contributed by atoms with E-state index in [2.05, 4.69) is 21.6 Å². The van der Waals surface area contributed by atoms with Crippen molar-refractivity contribution in [1.29, 1.82) is 5.26 Å². The number of nitrogens with zero attached hydrogens (tertiary/aromatic N) is 4. The highest BCUT2D eigenvalue weighted by atomic mass is 32.1. The summed E-state index contributed by atoms with van der Waals surface area (Å²) in [5.74, 6) is -0.196. The zero-order chi connectivity index (χ0) is 20.7. The number of aryl methyl sites for hydroxylation is 2. The summed E-state index contributed by atoms with van der Waals surface area (Å²) in [6.45, 7) is 1.97. The Labute approximate surface area is 169 Å². The van der Waals surface area contributed by atoms with Gasteiger partial charge in [-0.15, -0.1) is 11.3 Å². The van der Waals surface area contributed by atoms with Crippen LogP contribution in [0, 0.1) is 18.3 Å². The number of carbonyl (C=O) groups is 1. The van der Waals surface area contributed by atoms with Gasteiger partial charge in [0.2, 0.25) is 0 Å². The van der Waals surface area contributed by atoms with Crippen molar-refractivity contribution in [3.05, 3.63) is 46.5 Å². The molecule has 29 heavy (non-hydrogen) atoms. The van der Waals surface area contributed by atoms with Crippen LogP contribution in [0.2, 0.25) is 0 Å². The Hall–Kier alpha value is -3.97. The average Bonchev–Trinajstić information content (AvgIpc) is 3.24. The van der Waals surface area contributed by atoms with Crippen molar-refractivity contribution in [2.75, 3.05) is 16.8 Å². The zero-order valence-electron chi connectivity index (χ0n) is 15.6. The summed E-state index contributed by atoms with van der Waals surface area (Å²) in [6, 6.07) is 9.74. The quantitative estimate of drug-likeness (QED) is 0.442. The monoisotopic (exact) mass is 406 g/mol. The third-order valence-corrected chi connectivity index (χ3v) is 5.47. The van der Waals surface area contributed by atoms with Crippen molar-refractivity contribution in [2.24, 2.45) is 7.05 Å². The number of benzene rings is 1. The maximum atomic E-state index is 12.7. The Kier molecular flexibility index (Phi) is 4.37. The maximum Gasteiger partial charge on any atom is 0.302 e. The summed E-state index contributed by atoms with van der Waals surface area (Å²) in [5.41, 5.74) is 15.2. The highest BCUT2D eigenvalue weighted by Gasteiger charge is 2.25. The molecule has 0 spiro atoms. The smallest absolute Gasteiger partial charge is 0.302 e. The molecule has 0 aliphatic heterocycles. The molecule has 4 rings (SSSR count). The van der Waals surface area contributed by atoms with Gasteiger partial charge in [0.1, 0.15) is 27.2 Å². The predicted octanol–water partition coefficient (Wildman–Crippen LogP) is 2.37. The molecule has 0 unspecified atom stereocenters. The Balaban J connectivity index is 1.91. The zero-order valence-corrected chi connectivity index (χ0v) is 16.4. The molecule has 0 bridgehead atoms. The van der Waals surface area contributed by atoms with Crippen LogP contribution in [0.15, 0.2) is 35.0 Å². The number of anilines is 3. The molecule has 3 heterocycles. The van der Waals surface area contributed by atoms with E-state index in [0.29, 0.717) is 15.8 Å². The molecule has 3 aromatic heterocycles. The first kappa shape index (κ1) is 18.4. The van der Waals surface area contributed by atoms with Crippen molar-refractivity contribution < 1.29 is 14.0 Å². The Morgan fingerprint density at radius 3 is 2.66 bits per heavy atom. The van der Waals surface area contributed by atoms with Crippen LogP contribution < -0.4 is 21.5 Å². The number of nitrogens with one attached hydrogen (secondary N) is 1. The number of nitriles is 1. The third kappa shape index (κ3) is 3.13. The molecule has 0 aliphatic rings. The lowest BCUT2D eigenvalue weighted by atomic mass is 9.96. The maximum absolute atomic E-state index is 12.7. The van der Waals surface area contributed by atoms with E-state index in [-0.39, 0.29) is 27.8 Å². The van der Waals surface area contributed by atoms with Crippen LogP contribution in [0.25, 0.3) is 21.3 Å². The second kappa shape index (κ2) is 6.88. The molecule has 9 nitrogen and oxygen atoms in total. The summed E-state index contributed by atoms with van der Waals surface area (Å²) in [4.78, 5) is 17.8. The summed E-state index contributed by atoms with van der Waals surface area (Å²) in [6.07, 6.45) is 1.52. The molecule has 0 radical (unpaired) electrons. The molecule has 0 saturated heterocycles. The van der Waals surface area contributed by atoms with E-state index in [9.17, 15) is 10.1 Å². The summed E-state index contributed by atoms with van der Waals surface area (Å²) < 4.78 is 6.41. The number of aromatic nitrogens is 3. The van der Waals surface area contributed by atoms with Crippen LogP contribution >= 0.6 is 11.3 Å². The number of nitrogens with two attached hydrogens (primary N) is 2. The number of carbonyl (C=O) groups excluding carboxylic acids is 1. The molecule has 1 aromatic carbocycles. The van der Waals surface area contributed by atoms with Gasteiger partial charge >= 0.3 is 5.88 Å². The highest BCUT2D eigenvalue weighted by Crippen LogP contribution is 2.42. The number of nitrogen functional groups attached to an aromatic ring is 2. The van der Waals surface area contributed by atoms with E-state index in [1.54, 1.807) is 7.05 Å². The van der Waals surface area contributed by atoms with E-state index in [4.69, 9.17) is 16.0 Å². The first-order valence-electron chi connectivity index (χ1n) is 8.51. The van der Waals surface area contributed by atoms with E-state index in [1.807, 2.05) is 31.2 Å². The fraction of sp³-hybridized carbons (Fsp3) is 0.105. The van der Waals surface area contributed by atoms with Gasteiger partial charge in [-0.1, -0.05) is 34.5 Å². The minimum atomic E-state index is -0.464. The minimum absolute atomic E-state index is 0.0889. The molecular formula is C19H16N7O2S+. The molecule has 4 aromatic rings. The van der Waals surface area contributed by atoms with Crippen molar-refractivity contribution in [3.8, 4) is 17.2 Å². The van der Waals surface area contributed by atoms with Gasteiger partial charge in [0, 0.05) is 10.9 Å². The topological polar surface area (TPSA) is 148 Å². The fourth-order valence-corrected chi connectivity index (χ4v) is 4.02. The van der Waals surface area contributed by atoms with Gasteiger partial charge in [-0.25, -0.2) is 4.98 Å². The Morgan fingerprint density at radius 1 is 1.31 bits per heavy atom. The van der Waals surface area contributed by atoms with Gasteiger partial charge in [-0.05, 0) is 12.5 Å². The number of fused-ring (bicyclic) bond motifs is 1. The highest BCUT2D eigenvalue weighted by molar-refractivity contribution is 7.21. The van der Waals surface area contributed by atoms with Crippen LogP contribution in [-0.4, -0.2) is 16.2 Å². The largest absolute Gasteiger partial charge is 0.397 e. The molecule has 10 heteroatoms. The molecule has 0 fully saturated rings. The summed E-state index contributed by atoms with van der Waals surface area (Å²) in [5, 5.41) is 16.5. The van der Waals surface area contributed by atoms with Gasteiger partial charge in [0.25, 0.3) is 12.1 Å². The molecule has 5 N–H and O–H groups in total. The van der Waals surface area contributed by atoms with Crippen molar-refractivity contribution >= 4 is 44.9 Å². The first-order chi connectivity index (χ1) is 13.9. The lowest BCUT2D eigenvalue weighted by Crippen LogP contribution is -2.28. The second-order valence-electron chi connectivity index (χ2n) is 6.44. The van der Waals surface area contributed by atoms with Crippen molar-refractivity contribution in [2.45, 2.75) is 6.92 Å². The normalized spacial score (nSPS) is 10.8. The van der Waals surface area contributed by atoms with Crippen LogP contribution in [0.3, 0.4) is 0 Å². The predicted molar refractivity (Wildman–Crippen MR) is 109 cm³/mol. The molecular weight excluding hydrogens is 390 g/mol. The minimum Gasteiger partial charge on any atom is -0.397 e. The molecule has 1 amide bonds. The average molecular weight is 406 g/mol. The fourth-order valence-electron chi connectivity index (χ4n) is 3.01. The van der Waals surface area contributed by atoms with E-state index in [1.165, 1.54) is 10.9 Å². The number of hydrogen-bond donors (Lipinski definition) is 3. The van der Waals surface area contributed by atoms with E-state index >= 15 is 0 Å². The SMILES string of the molecule is Cc1ccc(-c2c(C#N)c(N)nc3sc(C(=O)Nc4c[n+](C)no4)c(N)c23)cc1. The van der Waals surface area contributed by atoms with E-state index < -0.39 is 5.91 Å². The standard InChI is InChI=1S/C19H15N7O2S/c1-9-3-5-10(6-4-9)13-11(7-20)17(22)24-19-14(13)15(21)16(29-19)18(27)23-12-8-26(2)25-28-12/h3-6,8H,1-2H3,(H4-,21,22,23,24,25,27)/p+1. The first-order valence-corrected chi connectivity index (χ1v) is 9.33. The van der Waals surface area contributed by atoms with Gasteiger partial charge < -0.3 is 11.5 Å². The molecule has 0 aliphatic carbocycles. The van der Waals surface area contributed by atoms with Gasteiger partial charge in [0.15, 0.2) is 12.3 Å². The Morgan fingerprint density at radius 2 is 2.03 bits per heavy atom. The number of amides is 1. The molecule has 144 valence electrons. The number of hydrogen-bond acceptors (Lipinski definition) is 8. The lowest BCUT2D eigenvalue weighted by Gasteiger charge is -2.10. The van der Waals surface area contributed by atoms with Crippen LogP contribution in [-0.2, 0) is 7.05 Å². The number of rotatable bonds is 3. The molecule has 0 atom stereocenters. The third-order valence-electron chi connectivity index (χ3n) is 4.37. The van der Waals surface area contributed by atoms with Crippen LogP contribution in [0.5, 0.6) is 0 Å².